The highest BCUT2D eigenvalue weighted by Crippen LogP contribution is 2.31. The van der Waals surface area contributed by atoms with Gasteiger partial charge >= 0.3 is 0 Å². The molecule has 0 bridgehead atoms. The number of carbonyl (C=O) groups is 1. The number of carbonyl (C=O) groups excluding carboxylic acids is 1. The molecule has 0 saturated carbocycles. The molecule has 4 heterocycles. The van der Waals surface area contributed by atoms with Gasteiger partial charge in [0, 0.05) is 41.9 Å². The number of aromatic nitrogens is 4. The first-order valence-electron chi connectivity index (χ1n) is 11.2. The van der Waals surface area contributed by atoms with E-state index in [0.717, 1.165) is 66.3 Å². The van der Waals surface area contributed by atoms with Crippen LogP contribution in [0.3, 0.4) is 0 Å². The number of hydrogen-bond acceptors (Lipinski definition) is 5. The van der Waals surface area contributed by atoms with Gasteiger partial charge in [-0.05, 0) is 45.1 Å². The summed E-state index contributed by atoms with van der Waals surface area (Å²) in [6, 6.07) is 8.55. The van der Waals surface area contributed by atoms with Crippen LogP contribution in [-0.2, 0) is 16.1 Å². The predicted octanol–water partition coefficient (Wildman–Crippen LogP) is 4.10. The van der Waals surface area contributed by atoms with Crippen LogP contribution in [0.1, 0.15) is 39.0 Å². The van der Waals surface area contributed by atoms with Crippen molar-refractivity contribution in [2.24, 2.45) is 0 Å². The zero-order chi connectivity index (χ0) is 21.2. The maximum Gasteiger partial charge on any atom is 0.233 e. The lowest BCUT2D eigenvalue weighted by atomic mass is 10.0. The van der Waals surface area contributed by atoms with Crippen LogP contribution in [0.2, 0.25) is 0 Å². The Kier molecular flexibility index (Phi) is 6.00. The van der Waals surface area contributed by atoms with Crippen molar-refractivity contribution in [1.29, 1.82) is 0 Å². The molecule has 0 aliphatic carbocycles. The van der Waals surface area contributed by atoms with Crippen molar-refractivity contribution < 1.29 is 9.53 Å². The minimum atomic E-state index is 0.164. The van der Waals surface area contributed by atoms with Crippen LogP contribution in [0, 0.1) is 0 Å². The summed E-state index contributed by atoms with van der Waals surface area (Å²) in [5, 5.41) is 11.0. The number of piperidine rings is 1. The minimum absolute atomic E-state index is 0.164. The second-order valence-corrected chi connectivity index (χ2v) is 9.46. The summed E-state index contributed by atoms with van der Waals surface area (Å²) in [4.78, 5) is 18.2. The number of likely N-dealkylation sites (tertiary alicyclic amines) is 1. The molecule has 2 atom stereocenters. The van der Waals surface area contributed by atoms with Gasteiger partial charge in [-0.1, -0.05) is 30.0 Å². The molecule has 2 fully saturated rings. The Labute approximate surface area is 186 Å². The van der Waals surface area contributed by atoms with Gasteiger partial charge in [0.05, 0.1) is 18.4 Å². The molecule has 2 aromatic heterocycles. The van der Waals surface area contributed by atoms with Crippen LogP contribution in [-0.4, -0.2) is 61.6 Å². The molecule has 5 rings (SSSR count). The summed E-state index contributed by atoms with van der Waals surface area (Å²) in [6.07, 6.45) is 7.69. The fourth-order valence-electron chi connectivity index (χ4n) is 4.69. The zero-order valence-corrected chi connectivity index (χ0v) is 18.7. The lowest BCUT2D eigenvalue weighted by Gasteiger charge is -2.33. The molecule has 0 radical (unpaired) electrons. The maximum atomic E-state index is 12.9. The van der Waals surface area contributed by atoms with E-state index in [1.54, 1.807) is 0 Å². The molecule has 0 spiro atoms. The van der Waals surface area contributed by atoms with Crippen molar-refractivity contribution in [3.05, 3.63) is 30.5 Å². The molecule has 7 nitrogen and oxygen atoms in total. The third kappa shape index (κ3) is 4.23. The Morgan fingerprint density at radius 1 is 1.23 bits per heavy atom. The number of amides is 1. The van der Waals surface area contributed by atoms with Crippen molar-refractivity contribution in [1.82, 2.24) is 24.6 Å². The molecule has 1 aromatic carbocycles. The van der Waals surface area contributed by atoms with E-state index in [-0.39, 0.29) is 12.0 Å². The van der Waals surface area contributed by atoms with Gasteiger partial charge in [0.15, 0.2) is 11.0 Å². The number of hydrogen-bond donors (Lipinski definition) is 1. The van der Waals surface area contributed by atoms with E-state index in [4.69, 9.17) is 4.74 Å². The van der Waals surface area contributed by atoms with Crippen LogP contribution in [0.5, 0.6) is 0 Å². The standard InChI is InChI=1S/C23H29N5O2S/c1-16-7-4-5-11-27(16)21(29)15-31-23-26-25-22(28(23)14-17-8-6-12-30-17)19-13-24-20-10-3-2-9-18(19)20/h2-3,9-10,13,16-17,24H,4-8,11-12,14-15H2,1H3/t16-,17-/m1/s1. The number of nitrogens with zero attached hydrogens (tertiary/aromatic N) is 4. The SMILES string of the molecule is C[C@@H]1CCCCN1C(=O)CSc1nnc(-c2c[nH]c3ccccc23)n1C[C@H]1CCCO1. The van der Waals surface area contributed by atoms with E-state index < -0.39 is 0 Å². The van der Waals surface area contributed by atoms with E-state index in [0.29, 0.717) is 18.3 Å². The van der Waals surface area contributed by atoms with Crippen LogP contribution < -0.4 is 0 Å². The molecule has 1 amide bonds. The van der Waals surface area contributed by atoms with Crippen LogP contribution in [0.4, 0.5) is 0 Å². The summed E-state index contributed by atoms with van der Waals surface area (Å²) in [6.45, 7) is 4.53. The van der Waals surface area contributed by atoms with Gasteiger partial charge in [-0.25, -0.2) is 0 Å². The quantitative estimate of drug-likeness (QED) is 0.585. The Morgan fingerprint density at radius 3 is 2.97 bits per heavy atom. The molecule has 8 heteroatoms. The highest BCUT2D eigenvalue weighted by molar-refractivity contribution is 7.99. The maximum absolute atomic E-state index is 12.9. The van der Waals surface area contributed by atoms with Crippen molar-refractivity contribution in [2.45, 2.75) is 62.9 Å². The predicted molar refractivity (Wildman–Crippen MR) is 122 cm³/mol. The molecular weight excluding hydrogens is 410 g/mol. The van der Waals surface area contributed by atoms with Crippen LogP contribution >= 0.6 is 11.8 Å². The largest absolute Gasteiger partial charge is 0.376 e. The third-order valence-electron chi connectivity index (χ3n) is 6.41. The number of ether oxygens (including phenoxy) is 1. The van der Waals surface area contributed by atoms with Gasteiger partial charge in [-0.15, -0.1) is 10.2 Å². The summed E-state index contributed by atoms with van der Waals surface area (Å²) in [5.41, 5.74) is 2.11. The monoisotopic (exact) mass is 439 g/mol. The van der Waals surface area contributed by atoms with Crippen molar-refractivity contribution in [3.8, 4) is 11.4 Å². The molecule has 2 aliphatic rings. The third-order valence-corrected chi connectivity index (χ3v) is 7.36. The number of aromatic amines is 1. The van der Waals surface area contributed by atoms with Crippen molar-refractivity contribution in [3.63, 3.8) is 0 Å². The molecule has 164 valence electrons. The first-order valence-corrected chi connectivity index (χ1v) is 12.2. The minimum Gasteiger partial charge on any atom is -0.376 e. The number of benzene rings is 1. The topological polar surface area (TPSA) is 76.0 Å². The van der Waals surface area contributed by atoms with Gasteiger partial charge in [0.2, 0.25) is 5.91 Å². The van der Waals surface area contributed by atoms with Gasteiger partial charge in [0.25, 0.3) is 0 Å². The summed E-state index contributed by atoms with van der Waals surface area (Å²) in [7, 11) is 0. The normalized spacial score (nSPS) is 21.8. The molecule has 3 aromatic rings. The van der Waals surface area contributed by atoms with E-state index in [9.17, 15) is 4.79 Å². The summed E-state index contributed by atoms with van der Waals surface area (Å²) >= 11 is 1.49. The number of thioether (sulfide) groups is 1. The van der Waals surface area contributed by atoms with E-state index >= 15 is 0 Å². The average Bonchev–Trinajstić information content (AvgIpc) is 3.53. The molecule has 1 N–H and O–H groups in total. The Bertz CT molecular complexity index is 1060. The Hall–Kier alpha value is -2.32. The number of para-hydroxylation sites is 1. The highest BCUT2D eigenvalue weighted by atomic mass is 32.2. The van der Waals surface area contributed by atoms with Gasteiger partial charge in [-0.2, -0.15) is 0 Å². The summed E-state index contributed by atoms with van der Waals surface area (Å²) < 4.78 is 8.05. The molecule has 2 saturated heterocycles. The average molecular weight is 440 g/mol. The van der Waals surface area contributed by atoms with E-state index in [1.807, 2.05) is 23.2 Å². The fraction of sp³-hybridized carbons (Fsp3) is 0.522. The van der Waals surface area contributed by atoms with Crippen molar-refractivity contribution in [2.75, 3.05) is 18.9 Å². The zero-order valence-electron chi connectivity index (χ0n) is 17.9. The number of fused-ring (bicyclic) bond motifs is 1. The van der Waals surface area contributed by atoms with Gasteiger partial charge in [-0.3, -0.25) is 9.36 Å². The molecule has 31 heavy (non-hydrogen) atoms. The first kappa shape index (κ1) is 20.6. The second-order valence-electron chi connectivity index (χ2n) is 8.52. The smallest absolute Gasteiger partial charge is 0.233 e. The van der Waals surface area contributed by atoms with E-state index in [1.165, 1.54) is 18.2 Å². The van der Waals surface area contributed by atoms with Crippen LogP contribution in [0.25, 0.3) is 22.3 Å². The number of rotatable bonds is 6. The Morgan fingerprint density at radius 2 is 2.13 bits per heavy atom. The van der Waals surface area contributed by atoms with Gasteiger partial charge in [0.1, 0.15) is 0 Å². The Balaban J connectivity index is 1.41. The van der Waals surface area contributed by atoms with E-state index in [2.05, 4.69) is 38.8 Å². The molecular formula is C23H29N5O2S. The van der Waals surface area contributed by atoms with Crippen LogP contribution in [0.15, 0.2) is 35.6 Å². The molecule has 0 unspecified atom stereocenters. The lowest BCUT2D eigenvalue weighted by Crippen LogP contribution is -2.43. The highest BCUT2D eigenvalue weighted by Gasteiger charge is 2.26. The van der Waals surface area contributed by atoms with Gasteiger partial charge < -0.3 is 14.6 Å². The number of H-pyrrole nitrogens is 1. The number of nitrogens with one attached hydrogen (secondary N) is 1. The second kappa shape index (κ2) is 9.04. The summed E-state index contributed by atoms with van der Waals surface area (Å²) in [5.74, 6) is 1.41. The molecule has 2 aliphatic heterocycles. The fourth-order valence-corrected chi connectivity index (χ4v) is 5.52. The first-order chi connectivity index (χ1) is 15.2. The van der Waals surface area contributed by atoms with Crippen molar-refractivity contribution >= 4 is 28.6 Å². The lowest BCUT2D eigenvalue weighted by molar-refractivity contribution is -0.131.